The van der Waals surface area contributed by atoms with E-state index in [0.717, 1.165) is 28.9 Å². The number of nitrogens with zero attached hydrogens (tertiary/aromatic N) is 1. The van der Waals surface area contributed by atoms with Crippen LogP contribution in [0.1, 0.15) is 74.1 Å². The molecule has 0 aliphatic carbocycles. The Morgan fingerprint density at radius 2 is 1.68 bits per heavy atom. The first kappa shape index (κ1) is 32.6. The lowest BCUT2D eigenvalue weighted by Gasteiger charge is -2.36. The van der Waals surface area contributed by atoms with E-state index in [4.69, 9.17) is 4.74 Å². The SMILES string of the molecule is COc1cccc(C2=C(C)N(Cc3c(F)cccc3C(C)(F)F)C(=O)C(C[C@H](CCCCC=O)c3ccccc3)C2=O)c1F. The second-order valence-corrected chi connectivity index (χ2v) is 11.1. The van der Waals surface area contributed by atoms with Crippen molar-refractivity contribution in [1.82, 2.24) is 4.90 Å². The van der Waals surface area contributed by atoms with Crippen molar-refractivity contribution in [2.24, 2.45) is 5.92 Å². The van der Waals surface area contributed by atoms with Gasteiger partial charge in [0.05, 0.1) is 13.7 Å². The zero-order valence-electron chi connectivity index (χ0n) is 24.9. The summed E-state index contributed by atoms with van der Waals surface area (Å²) in [5.74, 6) is -8.13. The normalized spacial score (nSPS) is 16.3. The number of ketones is 1. The molecule has 3 aromatic rings. The van der Waals surface area contributed by atoms with Crippen molar-refractivity contribution in [3.8, 4) is 5.75 Å². The average Bonchev–Trinajstić information content (AvgIpc) is 3.00. The van der Waals surface area contributed by atoms with Crippen LogP contribution in [-0.2, 0) is 26.9 Å². The van der Waals surface area contributed by atoms with Crippen molar-refractivity contribution >= 4 is 23.5 Å². The molecule has 0 saturated heterocycles. The molecule has 44 heavy (non-hydrogen) atoms. The van der Waals surface area contributed by atoms with Gasteiger partial charge in [-0.25, -0.2) is 17.6 Å². The van der Waals surface area contributed by atoms with E-state index < -0.39 is 47.3 Å². The summed E-state index contributed by atoms with van der Waals surface area (Å²) >= 11 is 0. The predicted octanol–water partition coefficient (Wildman–Crippen LogP) is 7.98. The van der Waals surface area contributed by atoms with Gasteiger partial charge in [-0.1, -0.05) is 61.0 Å². The van der Waals surface area contributed by atoms with E-state index in [1.807, 2.05) is 30.3 Å². The van der Waals surface area contributed by atoms with Crippen LogP contribution in [0.5, 0.6) is 5.75 Å². The number of alkyl halides is 2. The Kier molecular flexibility index (Phi) is 10.4. The van der Waals surface area contributed by atoms with E-state index in [0.29, 0.717) is 32.6 Å². The van der Waals surface area contributed by atoms with Crippen LogP contribution in [0.15, 0.2) is 72.4 Å². The molecule has 232 valence electrons. The predicted molar refractivity (Wildman–Crippen MR) is 159 cm³/mol. The fourth-order valence-electron chi connectivity index (χ4n) is 5.88. The van der Waals surface area contributed by atoms with E-state index in [2.05, 4.69) is 0 Å². The van der Waals surface area contributed by atoms with Crippen molar-refractivity contribution in [2.75, 3.05) is 7.11 Å². The molecule has 1 aliphatic heterocycles. The molecule has 0 fully saturated rings. The third kappa shape index (κ3) is 6.93. The lowest BCUT2D eigenvalue weighted by molar-refractivity contribution is -0.140. The standard InChI is InChI=1S/C35H35F4NO4/c1-22-31(25-15-10-18-30(44-3)32(25)37)33(42)26(20-24(14-8-5-9-19-41)23-12-6-4-7-13-23)34(43)40(22)21-27-28(35(2,38)39)16-11-17-29(27)36/h4,6-7,10-13,15-19,24,26H,5,8-9,14,20-21H2,1-3H3/t24-,26?/m0/s1. The van der Waals surface area contributed by atoms with Crippen LogP contribution in [0.25, 0.3) is 5.57 Å². The van der Waals surface area contributed by atoms with E-state index >= 15 is 8.78 Å². The number of carbonyl (C=O) groups excluding carboxylic acids is 3. The summed E-state index contributed by atoms with van der Waals surface area (Å²) in [4.78, 5) is 40.3. The maximum Gasteiger partial charge on any atom is 0.270 e. The number of aldehydes is 1. The van der Waals surface area contributed by atoms with Gasteiger partial charge >= 0.3 is 0 Å². The molecule has 0 radical (unpaired) electrons. The van der Waals surface area contributed by atoms with Gasteiger partial charge in [0.1, 0.15) is 18.0 Å². The zero-order chi connectivity index (χ0) is 32.0. The Balaban J connectivity index is 1.84. The van der Waals surface area contributed by atoms with Crippen LogP contribution in [0.3, 0.4) is 0 Å². The summed E-state index contributed by atoms with van der Waals surface area (Å²) in [6.45, 7) is 1.49. The number of benzene rings is 3. The van der Waals surface area contributed by atoms with Gasteiger partial charge in [0.15, 0.2) is 17.3 Å². The minimum absolute atomic E-state index is 0.0271. The fraction of sp³-hybridized carbons (Fsp3) is 0.343. The number of ether oxygens (including phenoxy) is 1. The van der Waals surface area contributed by atoms with Gasteiger partial charge in [0.2, 0.25) is 5.91 Å². The second kappa shape index (κ2) is 14.0. The second-order valence-electron chi connectivity index (χ2n) is 11.1. The number of methoxy groups -OCH3 is 1. The molecule has 4 rings (SSSR count). The van der Waals surface area contributed by atoms with Crippen LogP contribution >= 0.6 is 0 Å². The van der Waals surface area contributed by atoms with Crippen LogP contribution in [-0.4, -0.2) is 30.0 Å². The summed E-state index contributed by atoms with van der Waals surface area (Å²) < 4.78 is 65.0. The maximum absolute atomic E-state index is 15.6. The van der Waals surface area contributed by atoms with Crippen molar-refractivity contribution in [3.63, 3.8) is 0 Å². The van der Waals surface area contributed by atoms with Crippen LogP contribution in [0.2, 0.25) is 0 Å². The molecule has 5 nitrogen and oxygen atoms in total. The number of rotatable bonds is 13. The van der Waals surface area contributed by atoms with E-state index in [1.54, 1.807) is 0 Å². The van der Waals surface area contributed by atoms with Crippen molar-refractivity contribution in [2.45, 2.75) is 64.3 Å². The minimum atomic E-state index is -3.41. The summed E-state index contributed by atoms with van der Waals surface area (Å²) in [5.41, 5.74) is -0.267. The average molecular weight is 610 g/mol. The van der Waals surface area contributed by atoms with Crippen LogP contribution < -0.4 is 4.74 Å². The van der Waals surface area contributed by atoms with Gasteiger partial charge in [-0.3, -0.25) is 9.59 Å². The Bertz CT molecular complexity index is 1550. The Labute approximate surface area is 254 Å². The Morgan fingerprint density at radius 3 is 2.34 bits per heavy atom. The van der Waals surface area contributed by atoms with Gasteiger partial charge in [-0.2, -0.15) is 0 Å². The molecule has 0 N–H and O–H groups in total. The van der Waals surface area contributed by atoms with E-state index in [-0.39, 0.29) is 40.5 Å². The molecule has 1 amide bonds. The lowest BCUT2D eigenvalue weighted by atomic mass is 9.78. The van der Waals surface area contributed by atoms with Gasteiger partial charge in [0.25, 0.3) is 5.92 Å². The molecule has 2 atom stereocenters. The fourth-order valence-corrected chi connectivity index (χ4v) is 5.88. The zero-order valence-corrected chi connectivity index (χ0v) is 24.9. The Morgan fingerprint density at radius 1 is 0.977 bits per heavy atom. The van der Waals surface area contributed by atoms with E-state index in [9.17, 15) is 23.2 Å². The maximum atomic E-state index is 15.6. The topological polar surface area (TPSA) is 63.7 Å². The highest BCUT2D eigenvalue weighted by Crippen LogP contribution is 2.41. The number of hydrogen-bond acceptors (Lipinski definition) is 4. The number of carbonyl (C=O) groups is 3. The molecule has 1 unspecified atom stereocenters. The number of amides is 1. The molecule has 1 aliphatic rings. The lowest BCUT2D eigenvalue weighted by Crippen LogP contribution is -2.44. The highest BCUT2D eigenvalue weighted by atomic mass is 19.3. The molecule has 3 aromatic carbocycles. The van der Waals surface area contributed by atoms with E-state index in [1.165, 1.54) is 38.3 Å². The van der Waals surface area contributed by atoms with Gasteiger partial charge in [-0.15, -0.1) is 0 Å². The minimum Gasteiger partial charge on any atom is -0.494 e. The first-order chi connectivity index (χ1) is 21.0. The first-order valence-electron chi connectivity index (χ1n) is 14.5. The highest BCUT2D eigenvalue weighted by Gasteiger charge is 2.43. The summed E-state index contributed by atoms with van der Waals surface area (Å²) in [7, 11) is 1.28. The molecule has 0 bridgehead atoms. The van der Waals surface area contributed by atoms with Crippen LogP contribution in [0.4, 0.5) is 17.6 Å². The number of unbranched alkanes of at least 4 members (excludes halogenated alkanes) is 2. The molecule has 0 spiro atoms. The monoisotopic (exact) mass is 609 g/mol. The smallest absolute Gasteiger partial charge is 0.270 e. The summed E-state index contributed by atoms with van der Waals surface area (Å²) in [6, 6.07) is 16.9. The number of hydrogen-bond donors (Lipinski definition) is 0. The van der Waals surface area contributed by atoms with Gasteiger partial charge in [0, 0.05) is 41.3 Å². The first-order valence-corrected chi connectivity index (χ1v) is 14.5. The molecular formula is C35H35F4NO4. The number of Topliss-reactive ketones (excluding diaryl/α,β-unsaturated/α-hetero) is 1. The number of halogens is 4. The highest BCUT2D eigenvalue weighted by molar-refractivity contribution is 6.30. The summed E-state index contributed by atoms with van der Waals surface area (Å²) in [6.07, 6.45) is 3.13. The van der Waals surface area contributed by atoms with Crippen molar-refractivity contribution in [1.29, 1.82) is 0 Å². The molecule has 0 saturated carbocycles. The molecule has 9 heteroatoms. The Hall–Kier alpha value is -4.27. The van der Waals surface area contributed by atoms with Crippen molar-refractivity contribution < 1.29 is 36.7 Å². The van der Waals surface area contributed by atoms with Crippen molar-refractivity contribution in [3.05, 3.63) is 106 Å². The van der Waals surface area contributed by atoms with Gasteiger partial charge < -0.3 is 14.4 Å². The number of allylic oxidation sites excluding steroid dienone is 2. The quantitative estimate of drug-likeness (QED) is 0.0853. The van der Waals surface area contributed by atoms with Crippen LogP contribution in [0, 0.1) is 17.6 Å². The largest absolute Gasteiger partial charge is 0.494 e. The van der Waals surface area contributed by atoms with Gasteiger partial charge in [-0.05, 0) is 49.8 Å². The third-order valence-corrected chi connectivity index (χ3v) is 8.17. The molecular weight excluding hydrogens is 574 g/mol. The molecule has 1 heterocycles. The summed E-state index contributed by atoms with van der Waals surface area (Å²) in [5, 5.41) is 0. The molecule has 0 aromatic heterocycles. The third-order valence-electron chi connectivity index (χ3n) is 8.17.